The van der Waals surface area contributed by atoms with Crippen molar-refractivity contribution in [3.05, 3.63) is 59.2 Å². The molecule has 2 aromatic rings. The summed E-state index contributed by atoms with van der Waals surface area (Å²) in [5.41, 5.74) is 9.23. The summed E-state index contributed by atoms with van der Waals surface area (Å²) >= 11 is 0. The van der Waals surface area contributed by atoms with Crippen molar-refractivity contribution in [2.45, 2.75) is 32.9 Å². The predicted octanol–water partition coefficient (Wildman–Crippen LogP) is 3.53. The van der Waals surface area contributed by atoms with Crippen molar-refractivity contribution in [2.75, 3.05) is 14.2 Å². The highest BCUT2D eigenvalue weighted by atomic mass is 16.5. The molecule has 3 unspecified atom stereocenters. The number of benzene rings is 2. The lowest BCUT2D eigenvalue weighted by atomic mass is 9.93. The Hall–Kier alpha value is -2.53. The minimum absolute atomic E-state index is 0.0805. The van der Waals surface area contributed by atoms with E-state index in [9.17, 15) is 4.79 Å². The highest BCUT2D eigenvalue weighted by molar-refractivity contribution is 5.79. The normalized spacial score (nSPS) is 14.2. The monoisotopic (exact) mass is 356 g/mol. The van der Waals surface area contributed by atoms with E-state index in [1.807, 2.05) is 63.2 Å². The highest BCUT2D eigenvalue weighted by Gasteiger charge is 2.24. The summed E-state index contributed by atoms with van der Waals surface area (Å²) < 4.78 is 10.7. The van der Waals surface area contributed by atoms with Crippen LogP contribution in [0, 0.1) is 12.8 Å². The highest BCUT2D eigenvalue weighted by Crippen LogP contribution is 2.33. The van der Waals surface area contributed by atoms with E-state index >= 15 is 0 Å². The number of amides is 1. The zero-order valence-electron chi connectivity index (χ0n) is 16.1. The summed E-state index contributed by atoms with van der Waals surface area (Å²) in [4.78, 5) is 12.7. The van der Waals surface area contributed by atoms with Crippen LogP contribution in [0.15, 0.2) is 42.5 Å². The fraction of sp³-hybridized carbons (Fsp3) is 0.381. The van der Waals surface area contributed by atoms with Gasteiger partial charge in [-0.15, -0.1) is 0 Å². The first-order valence-electron chi connectivity index (χ1n) is 8.72. The second kappa shape index (κ2) is 8.72. The van der Waals surface area contributed by atoms with Crippen LogP contribution in [-0.4, -0.2) is 20.1 Å². The van der Waals surface area contributed by atoms with Crippen LogP contribution in [0.5, 0.6) is 11.5 Å². The van der Waals surface area contributed by atoms with E-state index in [1.165, 1.54) is 0 Å². The standard InChI is InChI=1S/C21H28N2O3/c1-13-11-18(25-4)19(26-5)12-17(13)15(3)23-21(24)14(2)20(22)16-9-7-6-8-10-16/h6-12,14-15,20H,22H2,1-5H3,(H,23,24). The molecule has 0 spiro atoms. The van der Waals surface area contributed by atoms with E-state index in [-0.39, 0.29) is 23.9 Å². The molecule has 0 aliphatic carbocycles. The van der Waals surface area contributed by atoms with Crippen LogP contribution in [0.2, 0.25) is 0 Å². The van der Waals surface area contributed by atoms with Gasteiger partial charge in [0, 0.05) is 6.04 Å². The zero-order valence-corrected chi connectivity index (χ0v) is 16.1. The SMILES string of the molecule is COc1cc(C)c(C(C)NC(=O)C(C)C(N)c2ccccc2)cc1OC. The first-order chi connectivity index (χ1) is 12.4. The summed E-state index contributed by atoms with van der Waals surface area (Å²) in [5.74, 6) is 0.887. The van der Waals surface area contributed by atoms with E-state index in [0.29, 0.717) is 11.5 Å². The summed E-state index contributed by atoms with van der Waals surface area (Å²) in [5, 5.41) is 3.06. The van der Waals surface area contributed by atoms with E-state index in [4.69, 9.17) is 15.2 Å². The third kappa shape index (κ3) is 4.35. The molecule has 5 nitrogen and oxygen atoms in total. The Morgan fingerprint density at radius 2 is 1.62 bits per heavy atom. The number of nitrogens with two attached hydrogens (primary N) is 1. The average molecular weight is 356 g/mol. The number of nitrogens with one attached hydrogen (secondary N) is 1. The molecule has 5 heteroatoms. The number of ether oxygens (including phenoxy) is 2. The zero-order chi connectivity index (χ0) is 19.3. The van der Waals surface area contributed by atoms with E-state index < -0.39 is 0 Å². The molecule has 0 bridgehead atoms. The van der Waals surface area contributed by atoms with E-state index in [0.717, 1.165) is 16.7 Å². The summed E-state index contributed by atoms with van der Waals surface area (Å²) in [6, 6.07) is 13.0. The van der Waals surface area contributed by atoms with Crippen molar-refractivity contribution in [3.63, 3.8) is 0 Å². The Balaban J connectivity index is 2.13. The summed E-state index contributed by atoms with van der Waals surface area (Å²) in [6.07, 6.45) is 0. The van der Waals surface area contributed by atoms with Crippen molar-refractivity contribution in [1.29, 1.82) is 0 Å². The maximum Gasteiger partial charge on any atom is 0.225 e. The smallest absolute Gasteiger partial charge is 0.225 e. The molecule has 1 amide bonds. The lowest BCUT2D eigenvalue weighted by Gasteiger charge is -2.24. The van der Waals surface area contributed by atoms with Gasteiger partial charge in [0.15, 0.2) is 11.5 Å². The van der Waals surface area contributed by atoms with Gasteiger partial charge in [-0.2, -0.15) is 0 Å². The number of carbonyl (C=O) groups excluding carboxylic acids is 1. The molecule has 0 aliphatic rings. The number of hydrogen-bond acceptors (Lipinski definition) is 4. The van der Waals surface area contributed by atoms with Gasteiger partial charge in [0.1, 0.15) is 0 Å². The van der Waals surface area contributed by atoms with E-state index in [2.05, 4.69) is 5.32 Å². The molecule has 3 atom stereocenters. The minimum atomic E-state index is -0.352. The lowest BCUT2D eigenvalue weighted by Crippen LogP contribution is -2.37. The molecule has 140 valence electrons. The van der Waals surface area contributed by atoms with Gasteiger partial charge in [0.2, 0.25) is 5.91 Å². The Kier molecular flexibility index (Phi) is 6.64. The summed E-state index contributed by atoms with van der Waals surface area (Å²) in [7, 11) is 3.20. The molecule has 2 rings (SSSR count). The van der Waals surface area contributed by atoms with Gasteiger partial charge in [0.25, 0.3) is 0 Å². The van der Waals surface area contributed by atoms with E-state index in [1.54, 1.807) is 14.2 Å². The van der Waals surface area contributed by atoms with Crippen LogP contribution < -0.4 is 20.5 Å². The molecule has 0 saturated heterocycles. The predicted molar refractivity (Wildman–Crippen MR) is 103 cm³/mol. The first-order valence-corrected chi connectivity index (χ1v) is 8.72. The van der Waals surface area contributed by atoms with Crippen LogP contribution in [0.3, 0.4) is 0 Å². The molecule has 0 aromatic heterocycles. The molecule has 0 fully saturated rings. The van der Waals surface area contributed by atoms with Crippen LogP contribution in [0.1, 0.15) is 42.6 Å². The Bertz CT molecular complexity index is 746. The van der Waals surface area contributed by atoms with Gasteiger partial charge in [-0.1, -0.05) is 37.3 Å². The molecule has 26 heavy (non-hydrogen) atoms. The molecule has 0 radical (unpaired) electrons. The van der Waals surface area contributed by atoms with Gasteiger partial charge in [-0.05, 0) is 42.7 Å². The minimum Gasteiger partial charge on any atom is -0.493 e. The first kappa shape index (κ1) is 19.8. The second-order valence-electron chi connectivity index (χ2n) is 6.52. The van der Waals surface area contributed by atoms with Crippen molar-refractivity contribution in [3.8, 4) is 11.5 Å². The number of carbonyl (C=O) groups is 1. The fourth-order valence-corrected chi connectivity index (χ4v) is 3.01. The maximum atomic E-state index is 12.7. The van der Waals surface area contributed by atoms with Gasteiger partial charge >= 0.3 is 0 Å². The van der Waals surface area contributed by atoms with Crippen molar-refractivity contribution >= 4 is 5.91 Å². The Labute approximate surface area is 155 Å². The number of hydrogen-bond donors (Lipinski definition) is 2. The quantitative estimate of drug-likeness (QED) is 0.796. The van der Waals surface area contributed by atoms with Crippen LogP contribution in [0.4, 0.5) is 0 Å². The molecule has 0 heterocycles. The number of aryl methyl sites for hydroxylation is 1. The molecular formula is C21H28N2O3. The van der Waals surface area contributed by atoms with Crippen LogP contribution >= 0.6 is 0 Å². The molecule has 3 N–H and O–H groups in total. The third-order valence-corrected chi connectivity index (χ3v) is 4.73. The van der Waals surface area contributed by atoms with Crippen molar-refractivity contribution < 1.29 is 14.3 Å². The van der Waals surface area contributed by atoms with Gasteiger partial charge in [-0.25, -0.2) is 0 Å². The Morgan fingerprint density at radius 3 is 2.19 bits per heavy atom. The second-order valence-corrected chi connectivity index (χ2v) is 6.52. The average Bonchev–Trinajstić information content (AvgIpc) is 2.66. The Morgan fingerprint density at radius 1 is 1.04 bits per heavy atom. The van der Waals surface area contributed by atoms with Gasteiger partial charge < -0.3 is 20.5 Å². The van der Waals surface area contributed by atoms with Gasteiger partial charge in [-0.3, -0.25) is 4.79 Å². The van der Waals surface area contributed by atoms with Crippen molar-refractivity contribution in [1.82, 2.24) is 5.32 Å². The fourth-order valence-electron chi connectivity index (χ4n) is 3.01. The molecule has 0 saturated carbocycles. The van der Waals surface area contributed by atoms with Crippen LogP contribution in [0.25, 0.3) is 0 Å². The summed E-state index contributed by atoms with van der Waals surface area (Å²) in [6.45, 7) is 5.78. The topological polar surface area (TPSA) is 73.6 Å². The van der Waals surface area contributed by atoms with Crippen molar-refractivity contribution in [2.24, 2.45) is 11.7 Å². The molecular weight excluding hydrogens is 328 g/mol. The largest absolute Gasteiger partial charge is 0.493 e. The third-order valence-electron chi connectivity index (χ3n) is 4.73. The molecule has 0 aliphatic heterocycles. The number of rotatable bonds is 7. The number of methoxy groups -OCH3 is 2. The van der Waals surface area contributed by atoms with Gasteiger partial charge in [0.05, 0.1) is 26.2 Å². The van der Waals surface area contributed by atoms with Crippen LogP contribution in [-0.2, 0) is 4.79 Å². The lowest BCUT2D eigenvalue weighted by molar-refractivity contribution is -0.125. The molecule has 2 aromatic carbocycles. The maximum absolute atomic E-state index is 12.7.